The standard InChI is InChI=1S/C14H20O3/c1-16-12-8-5-9-13(14(12)15)17-10-11-6-3-2-4-7-11/h2-4,6-7,12-15H,5,8-10H2,1H3/t12-,13?,14+/m1/s1. The first kappa shape index (κ1) is 12.6. The molecule has 1 aliphatic carbocycles. The Morgan fingerprint density at radius 3 is 2.59 bits per heavy atom. The highest BCUT2D eigenvalue weighted by molar-refractivity contribution is 5.13. The van der Waals surface area contributed by atoms with Crippen LogP contribution in [0.25, 0.3) is 0 Å². The Morgan fingerprint density at radius 2 is 1.88 bits per heavy atom. The molecule has 2 rings (SSSR count). The van der Waals surface area contributed by atoms with Crippen LogP contribution in [0.1, 0.15) is 24.8 Å². The molecule has 0 radical (unpaired) electrons. The van der Waals surface area contributed by atoms with Crippen LogP contribution < -0.4 is 0 Å². The summed E-state index contributed by atoms with van der Waals surface area (Å²) < 4.78 is 11.0. The van der Waals surface area contributed by atoms with Crippen molar-refractivity contribution in [1.29, 1.82) is 0 Å². The maximum Gasteiger partial charge on any atom is 0.106 e. The van der Waals surface area contributed by atoms with Gasteiger partial charge in [0.2, 0.25) is 0 Å². The van der Waals surface area contributed by atoms with Gasteiger partial charge in [-0.05, 0) is 24.8 Å². The summed E-state index contributed by atoms with van der Waals surface area (Å²) in [5.41, 5.74) is 1.14. The Bertz CT molecular complexity index is 325. The molecule has 0 aromatic heterocycles. The van der Waals surface area contributed by atoms with Gasteiger partial charge in [0.15, 0.2) is 0 Å². The molecule has 0 heterocycles. The lowest BCUT2D eigenvalue weighted by molar-refractivity contribution is -0.128. The molecular formula is C14H20O3. The number of benzene rings is 1. The quantitative estimate of drug-likeness (QED) is 0.870. The molecule has 3 nitrogen and oxygen atoms in total. The van der Waals surface area contributed by atoms with Crippen molar-refractivity contribution >= 4 is 0 Å². The molecule has 3 heteroatoms. The van der Waals surface area contributed by atoms with E-state index < -0.39 is 6.10 Å². The molecule has 1 aromatic carbocycles. The van der Waals surface area contributed by atoms with E-state index in [-0.39, 0.29) is 12.2 Å². The molecule has 0 amide bonds. The third-order valence-corrected chi connectivity index (χ3v) is 3.35. The Hall–Kier alpha value is -0.900. The number of rotatable bonds is 4. The van der Waals surface area contributed by atoms with Crippen LogP contribution in [0, 0.1) is 0 Å². The highest BCUT2D eigenvalue weighted by atomic mass is 16.5. The largest absolute Gasteiger partial charge is 0.388 e. The lowest BCUT2D eigenvalue weighted by atomic mass is 9.92. The van der Waals surface area contributed by atoms with Crippen molar-refractivity contribution in [2.45, 2.75) is 44.2 Å². The Labute approximate surface area is 102 Å². The zero-order chi connectivity index (χ0) is 12.1. The summed E-state index contributed by atoms with van der Waals surface area (Å²) in [6.07, 6.45) is 2.20. The van der Waals surface area contributed by atoms with Crippen LogP contribution in [0.5, 0.6) is 0 Å². The van der Waals surface area contributed by atoms with Gasteiger partial charge in [-0.3, -0.25) is 0 Å². The van der Waals surface area contributed by atoms with Crippen LogP contribution in [0.15, 0.2) is 30.3 Å². The van der Waals surface area contributed by atoms with Gasteiger partial charge < -0.3 is 14.6 Å². The maximum absolute atomic E-state index is 10.1. The minimum Gasteiger partial charge on any atom is -0.388 e. The molecule has 0 spiro atoms. The summed E-state index contributed by atoms with van der Waals surface area (Å²) in [6, 6.07) is 10.0. The second-order valence-corrected chi connectivity index (χ2v) is 4.53. The van der Waals surface area contributed by atoms with Crippen LogP contribution in [-0.2, 0) is 16.1 Å². The van der Waals surface area contributed by atoms with Gasteiger partial charge in [0, 0.05) is 7.11 Å². The molecule has 1 aliphatic rings. The van der Waals surface area contributed by atoms with Gasteiger partial charge in [-0.15, -0.1) is 0 Å². The normalized spacial score (nSPS) is 29.2. The summed E-state index contributed by atoms with van der Waals surface area (Å²) in [5.74, 6) is 0. The molecule has 0 aliphatic heterocycles. The van der Waals surface area contributed by atoms with Crippen molar-refractivity contribution in [2.75, 3.05) is 7.11 Å². The van der Waals surface area contributed by atoms with E-state index in [1.54, 1.807) is 7.11 Å². The number of hydrogen-bond donors (Lipinski definition) is 1. The lowest BCUT2D eigenvalue weighted by Crippen LogP contribution is -2.43. The summed E-state index contributed by atoms with van der Waals surface area (Å²) in [7, 11) is 1.65. The molecular weight excluding hydrogens is 216 g/mol. The minimum atomic E-state index is -0.502. The van der Waals surface area contributed by atoms with Gasteiger partial charge in [-0.25, -0.2) is 0 Å². The van der Waals surface area contributed by atoms with Crippen LogP contribution in [0.2, 0.25) is 0 Å². The summed E-state index contributed by atoms with van der Waals surface area (Å²) in [4.78, 5) is 0. The zero-order valence-corrected chi connectivity index (χ0v) is 10.2. The van der Waals surface area contributed by atoms with Crippen LogP contribution >= 0.6 is 0 Å². The molecule has 17 heavy (non-hydrogen) atoms. The molecule has 1 saturated carbocycles. The van der Waals surface area contributed by atoms with Gasteiger partial charge in [-0.2, -0.15) is 0 Å². The molecule has 0 saturated heterocycles. The molecule has 0 bridgehead atoms. The highest BCUT2D eigenvalue weighted by Crippen LogP contribution is 2.24. The van der Waals surface area contributed by atoms with Gasteiger partial charge in [0.25, 0.3) is 0 Å². The predicted molar refractivity (Wildman–Crippen MR) is 65.7 cm³/mol. The van der Waals surface area contributed by atoms with Crippen molar-refractivity contribution in [2.24, 2.45) is 0 Å². The molecule has 94 valence electrons. The van der Waals surface area contributed by atoms with E-state index in [2.05, 4.69) is 0 Å². The highest BCUT2D eigenvalue weighted by Gasteiger charge is 2.32. The molecule has 1 fully saturated rings. The fourth-order valence-corrected chi connectivity index (χ4v) is 2.32. The van der Waals surface area contributed by atoms with E-state index in [1.807, 2.05) is 30.3 Å². The fraction of sp³-hybridized carbons (Fsp3) is 0.571. The summed E-state index contributed by atoms with van der Waals surface area (Å²) in [5, 5.41) is 10.1. The van der Waals surface area contributed by atoms with E-state index in [0.29, 0.717) is 6.61 Å². The topological polar surface area (TPSA) is 38.7 Å². The van der Waals surface area contributed by atoms with Crippen molar-refractivity contribution in [1.82, 2.24) is 0 Å². The van der Waals surface area contributed by atoms with E-state index >= 15 is 0 Å². The van der Waals surface area contributed by atoms with E-state index in [9.17, 15) is 5.11 Å². The number of hydrogen-bond acceptors (Lipinski definition) is 3. The average Bonchev–Trinajstić information content (AvgIpc) is 2.39. The Morgan fingerprint density at radius 1 is 1.18 bits per heavy atom. The number of ether oxygens (including phenoxy) is 2. The van der Waals surface area contributed by atoms with Gasteiger partial charge >= 0.3 is 0 Å². The monoisotopic (exact) mass is 236 g/mol. The Balaban J connectivity index is 1.86. The summed E-state index contributed by atoms with van der Waals surface area (Å²) in [6.45, 7) is 0.555. The smallest absolute Gasteiger partial charge is 0.106 e. The third kappa shape index (κ3) is 3.28. The fourth-order valence-electron chi connectivity index (χ4n) is 2.32. The number of aliphatic hydroxyl groups is 1. The maximum atomic E-state index is 10.1. The molecule has 1 aromatic rings. The van der Waals surface area contributed by atoms with Crippen LogP contribution in [-0.4, -0.2) is 30.5 Å². The van der Waals surface area contributed by atoms with E-state index in [4.69, 9.17) is 9.47 Å². The van der Waals surface area contributed by atoms with Crippen molar-refractivity contribution in [3.63, 3.8) is 0 Å². The average molecular weight is 236 g/mol. The van der Waals surface area contributed by atoms with Crippen molar-refractivity contribution < 1.29 is 14.6 Å². The van der Waals surface area contributed by atoms with Crippen molar-refractivity contribution in [3.05, 3.63) is 35.9 Å². The zero-order valence-electron chi connectivity index (χ0n) is 10.2. The van der Waals surface area contributed by atoms with E-state index in [1.165, 1.54) is 0 Å². The van der Waals surface area contributed by atoms with Crippen LogP contribution in [0.3, 0.4) is 0 Å². The van der Waals surface area contributed by atoms with Gasteiger partial charge in [0.1, 0.15) is 6.10 Å². The second kappa shape index (κ2) is 6.15. The number of aliphatic hydroxyl groups excluding tert-OH is 1. The first-order valence-corrected chi connectivity index (χ1v) is 6.17. The first-order chi connectivity index (χ1) is 8.31. The predicted octanol–water partition coefficient (Wildman–Crippen LogP) is 2.13. The third-order valence-electron chi connectivity index (χ3n) is 3.35. The first-order valence-electron chi connectivity index (χ1n) is 6.17. The van der Waals surface area contributed by atoms with E-state index in [0.717, 1.165) is 24.8 Å². The number of methoxy groups -OCH3 is 1. The summed E-state index contributed by atoms with van der Waals surface area (Å²) >= 11 is 0. The molecule has 1 N–H and O–H groups in total. The lowest BCUT2D eigenvalue weighted by Gasteiger charge is -2.33. The van der Waals surface area contributed by atoms with Gasteiger partial charge in [0.05, 0.1) is 18.8 Å². The Kier molecular flexibility index (Phi) is 4.54. The molecule has 3 atom stereocenters. The van der Waals surface area contributed by atoms with Crippen molar-refractivity contribution in [3.8, 4) is 0 Å². The van der Waals surface area contributed by atoms with Crippen LogP contribution in [0.4, 0.5) is 0 Å². The minimum absolute atomic E-state index is 0.0791. The van der Waals surface area contributed by atoms with Gasteiger partial charge in [-0.1, -0.05) is 30.3 Å². The molecule has 1 unspecified atom stereocenters. The second-order valence-electron chi connectivity index (χ2n) is 4.53. The SMILES string of the molecule is CO[C@@H]1CCCC(OCc2ccccc2)[C@H]1O.